The fraction of sp³-hybridized carbons (Fsp3) is 0.300. The van der Waals surface area contributed by atoms with E-state index < -0.39 is 0 Å². The molecular weight excluding hydrogens is 454 g/mol. The maximum absolute atomic E-state index is 13.7. The molecule has 180 valence electrons. The van der Waals surface area contributed by atoms with Gasteiger partial charge in [0.1, 0.15) is 18.1 Å². The van der Waals surface area contributed by atoms with Crippen molar-refractivity contribution in [2.45, 2.75) is 27.2 Å². The van der Waals surface area contributed by atoms with Crippen LogP contribution in [0.2, 0.25) is 0 Å². The van der Waals surface area contributed by atoms with E-state index in [9.17, 15) is 9.90 Å². The zero-order valence-electron chi connectivity index (χ0n) is 20.5. The van der Waals surface area contributed by atoms with Gasteiger partial charge in [-0.15, -0.1) is 11.3 Å². The normalized spacial score (nSPS) is 16.1. The maximum Gasteiger partial charge on any atom is 0.203 e. The number of nitrogens with zero attached hydrogens (tertiary/aromatic N) is 1. The molecule has 4 aromatic rings. The second kappa shape index (κ2) is 9.84. The third-order valence-corrected chi connectivity index (χ3v) is 7.98. The highest BCUT2D eigenvalue weighted by Gasteiger charge is 2.23. The van der Waals surface area contributed by atoms with E-state index in [1.165, 1.54) is 17.8 Å². The van der Waals surface area contributed by atoms with Crippen molar-refractivity contribution in [3.63, 3.8) is 0 Å². The number of hydrogen-bond donors (Lipinski definition) is 1. The van der Waals surface area contributed by atoms with Crippen molar-refractivity contribution in [1.29, 1.82) is 0 Å². The molecule has 1 aliphatic heterocycles. The summed E-state index contributed by atoms with van der Waals surface area (Å²) in [4.78, 5) is 16.8. The van der Waals surface area contributed by atoms with Crippen molar-refractivity contribution in [2.24, 2.45) is 5.92 Å². The summed E-state index contributed by atoms with van der Waals surface area (Å²) in [6.45, 7) is 10.2. The summed E-state index contributed by atoms with van der Waals surface area (Å²) in [5.41, 5.74) is 4.69. The molecule has 5 rings (SSSR count). The van der Waals surface area contributed by atoms with Crippen LogP contribution < -0.4 is 4.74 Å². The molecule has 35 heavy (non-hydrogen) atoms. The molecule has 1 N–H and O–H groups in total. The molecule has 0 aliphatic carbocycles. The van der Waals surface area contributed by atoms with Crippen LogP contribution in [-0.4, -0.2) is 42.0 Å². The number of carbonyl (C=O) groups excluding carboxylic acids is 1. The van der Waals surface area contributed by atoms with Crippen molar-refractivity contribution >= 4 is 27.2 Å². The van der Waals surface area contributed by atoms with Crippen LogP contribution in [0.15, 0.2) is 60.7 Å². The van der Waals surface area contributed by atoms with Crippen molar-refractivity contribution in [3.05, 3.63) is 82.2 Å². The van der Waals surface area contributed by atoms with E-state index in [1.807, 2.05) is 62.4 Å². The van der Waals surface area contributed by atoms with Gasteiger partial charge in [0.15, 0.2) is 0 Å². The summed E-state index contributed by atoms with van der Waals surface area (Å²) < 4.78 is 6.91. The first-order chi connectivity index (χ1) is 16.9. The number of carbonyl (C=O) groups is 1. The van der Waals surface area contributed by atoms with Gasteiger partial charge in [0.2, 0.25) is 5.78 Å². The van der Waals surface area contributed by atoms with E-state index in [1.54, 1.807) is 12.1 Å². The Bertz CT molecular complexity index is 1370. The lowest BCUT2D eigenvalue weighted by atomic mass is 9.95. The molecule has 0 bridgehead atoms. The Kier molecular flexibility index (Phi) is 6.63. The van der Waals surface area contributed by atoms with Gasteiger partial charge >= 0.3 is 0 Å². The largest absolute Gasteiger partial charge is 0.508 e. The molecule has 0 amide bonds. The quantitative estimate of drug-likeness (QED) is 0.291. The number of likely N-dealkylation sites (tertiary alicyclic amines) is 1. The van der Waals surface area contributed by atoms with E-state index in [0.29, 0.717) is 17.0 Å². The third kappa shape index (κ3) is 4.97. The number of aryl methyl sites for hydroxylation is 2. The monoisotopic (exact) mass is 485 g/mol. The highest BCUT2D eigenvalue weighted by Crippen LogP contribution is 2.42. The molecule has 1 aromatic heterocycles. The highest BCUT2D eigenvalue weighted by molar-refractivity contribution is 7.21. The Balaban J connectivity index is 1.44. The molecule has 2 heterocycles. The van der Waals surface area contributed by atoms with Gasteiger partial charge in [-0.1, -0.05) is 42.8 Å². The predicted octanol–water partition coefficient (Wildman–Crippen LogP) is 6.84. The van der Waals surface area contributed by atoms with Crippen LogP contribution in [0.1, 0.15) is 39.7 Å². The van der Waals surface area contributed by atoms with Gasteiger partial charge in [-0.25, -0.2) is 0 Å². The molecular formula is C30H31NO3S. The summed E-state index contributed by atoms with van der Waals surface area (Å²) in [6.07, 6.45) is 1.27. The summed E-state index contributed by atoms with van der Waals surface area (Å²) >= 11 is 1.43. The van der Waals surface area contributed by atoms with Crippen molar-refractivity contribution in [1.82, 2.24) is 4.90 Å². The average Bonchev–Trinajstić information content (AvgIpc) is 3.42. The maximum atomic E-state index is 13.7. The number of aromatic hydroxyl groups is 1. The number of rotatable bonds is 7. The molecule has 1 saturated heterocycles. The lowest BCUT2D eigenvalue weighted by molar-refractivity contribution is 0.104. The van der Waals surface area contributed by atoms with Crippen LogP contribution in [-0.2, 0) is 0 Å². The molecule has 4 nitrogen and oxygen atoms in total. The van der Waals surface area contributed by atoms with E-state index in [0.717, 1.165) is 63.6 Å². The van der Waals surface area contributed by atoms with Gasteiger partial charge in [-0.05, 0) is 74.2 Å². The number of ether oxygens (including phenoxy) is 1. The minimum Gasteiger partial charge on any atom is -0.508 e. The standard InChI is InChI=1S/C30H31NO3S/c1-19-4-10-25(21(3)16-19)29(33)30-28(26-11-7-23(32)17-27(26)35-30)22-5-8-24(9-6-22)34-15-14-31-13-12-20(2)18-31/h4-11,16-17,20,32H,12-15,18H2,1-3H3/t20-/m0/s1. The first-order valence-corrected chi connectivity index (χ1v) is 13.0. The molecule has 0 spiro atoms. The Labute approximate surface area is 210 Å². The van der Waals surface area contributed by atoms with Gasteiger partial charge in [-0.3, -0.25) is 9.69 Å². The predicted molar refractivity (Wildman–Crippen MR) is 144 cm³/mol. The lowest BCUT2D eigenvalue weighted by Crippen LogP contribution is -2.25. The van der Waals surface area contributed by atoms with Crippen LogP contribution in [0, 0.1) is 19.8 Å². The summed E-state index contributed by atoms with van der Waals surface area (Å²) in [6, 6.07) is 19.3. The van der Waals surface area contributed by atoms with Gasteiger partial charge in [0.05, 0.1) is 4.88 Å². The Morgan fingerprint density at radius 2 is 1.89 bits per heavy atom. The Hall–Kier alpha value is -3.15. The van der Waals surface area contributed by atoms with Crippen molar-refractivity contribution < 1.29 is 14.6 Å². The molecule has 5 heteroatoms. The Morgan fingerprint density at radius 1 is 1.09 bits per heavy atom. The molecule has 1 aliphatic rings. The smallest absolute Gasteiger partial charge is 0.203 e. The Morgan fingerprint density at radius 3 is 2.60 bits per heavy atom. The fourth-order valence-electron chi connectivity index (χ4n) is 4.96. The fourth-order valence-corrected chi connectivity index (χ4v) is 6.17. The minimum atomic E-state index is 0.0124. The topological polar surface area (TPSA) is 49.8 Å². The number of phenols is 1. The summed E-state index contributed by atoms with van der Waals surface area (Å²) in [7, 11) is 0. The van der Waals surface area contributed by atoms with Gasteiger partial charge in [0, 0.05) is 34.3 Å². The van der Waals surface area contributed by atoms with E-state index in [4.69, 9.17) is 4.74 Å². The SMILES string of the molecule is Cc1ccc(C(=O)c2sc3cc(O)ccc3c2-c2ccc(OCCN3CC[C@H](C)C3)cc2)c(C)c1. The van der Waals surface area contributed by atoms with E-state index in [-0.39, 0.29) is 11.5 Å². The molecule has 1 atom stereocenters. The lowest BCUT2D eigenvalue weighted by Gasteiger charge is -2.15. The van der Waals surface area contributed by atoms with Crippen LogP contribution in [0.4, 0.5) is 0 Å². The minimum absolute atomic E-state index is 0.0124. The number of ketones is 1. The van der Waals surface area contributed by atoms with Crippen LogP contribution in [0.5, 0.6) is 11.5 Å². The number of benzene rings is 3. The van der Waals surface area contributed by atoms with E-state index >= 15 is 0 Å². The van der Waals surface area contributed by atoms with Crippen LogP contribution >= 0.6 is 11.3 Å². The van der Waals surface area contributed by atoms with Crippen LogP contribution in [0.25, 0.3) is 21.2 Å². The molecule has 0 saturated carbocycles. The summed E-state index contributed by atoms with van der Waals surface area (Å²) in [5, 5.41) is 11.0. The van der Waals surface area contributed by atoms with Gasteiger partial charge < -0.3 is 9.84 Å². The van der Waals surface area contributed by atoms with Crippen molar-refractivity contribution in [2.75, 3.05) is 26.2 Å². The average molecular weight is 486 g/mol. The van der Waals surface area contributed by atoms with Crippen molar-refractivity contribution in [3.8, 4) is 22.6 Å². The van der Waals surface area contributed by atoms with Gasteiger partial charge in [-0.2, -0.15) is 0 Å². The number of fused-ring (bicyclic) bond motifs is 1. The third-order valence-electron chi connectivity index (χ3n) is 6.83. The van der Waals surface area contributed by atoms with Gasteiger partial charge in [0.25, 0.3) is 0 Å². The summed E-state index contributed by atoms with van der Waals surface area (Å²) in [5.74, 6) is 1.82. The zero-order valence-corrected chi connectivity index (χ0v) is 21.3. The van der Waals surface area contributed by atoms with E-state index in [2.05, 4.69) is 11.8 Å². The zero-order chi connectivity index (χ0) is 24.5. The first-order valence-electron chi connectivity index (χ1n) is 12.2. The molecule has 0 unspecified atom stereocenters. The molecule has 3 aromatic carbocycles. The number of hydrogen-bond acceptors (Lipinski definition) is 5. The van der Waals surface area contributed by atoms with Crippen LogP contribution in [0.3, 0.4) is 0 Å². The second-order valence-corrected chi connectivity index (χ2v) is 10.8. The molecule has 0 radical (unpaired) electrons. The number of phenolic OH excluding ortho intramolecular Hbond substituents is 1. The molecule has 1 fully saturated rings. The highest BCUT2D eigenvalue weighted by atomic mass is 32.1. The first kappa shape index (κ1) is 23.6. The second-order valence-electron chi connectivity index (χ2n) is 9.70. The number of thiophene rings is 1.